The summed E-state index contributed by atoms with van der Waals surface area (Å²) in [4.78, 5) is 30.2. The number of benzene rings is 2. The van der Waals surface area contributed by atoms with Crippen LogP contribution in [0.2, 0.25) is 0 Å². The Balaban J connectivity index is 1.53. The topological polar surface area (TPSA) is 86.8 Å². The molecule has 1 unspecified atom stereocenters. The molecule has 1 N–H and O–H groups in total. The third-order valence-electron chi connectivity index (χ3n) is 5.07. The lowest BCUT2D eigenvalue weighted by atomic mass is 10.0. The van der Waals surface area contributed by atoms with E-state index in [1.165, 1.54) is 0 Å². The minimum Gasteiger partial charge on any atom is -0.454 e. The van der Waals surface area contributed by atoms with Crippen molar-refractivity contribution < 1.29 is 23.8 Å². The Kier molecular flexibility index (Phi) is 5.27. The number of para-hydroxylation sites is 1. The average molecular weight is 406 g/mol. The monoisotopic (exact) mass is 406 g/mol. The second kappa shape index (κ2) is 8.02. The summed E-state index contributed by atoms with van der Waals surface area (Å²) in [5.74, 6) is 0.200. The van der Waals surface area contributed by atoms with Gasteiger partial charge in [-0.15, -0.1) is 0 Å². The largest absolute Gasteiger partial charge is 0.454 e. The van der Waals surface area contributed by atoms with Crippen LogP contribution >= 0.6 is 0 Å². The summed E-state index contributed by atoms with van der Waals surface area (Å²) in [5.41, 5.74) is 3.30. The van der Waals surface area contributed by atoms with Crippen molar-refractivity contribution in [1.82, 2.24) is 4.98 Å². The number of nitrogens with zero attached hydrogens (tertiary/aromatic N) is 1. The number of anilines is 1. The molecule has 1 aliphatic heterocycles. The van der Waals surface area contributed by atoms with Crippen molar-refractivity contribution in [2.24, 2.45) is 0 Å². The van der Waals surface area contributed by atoms with Gasteiger partial charge in [-0.1, -0.05) is 25.1 Å². The molecular formula is C23H22N2O5. The van der Waals surface area contributed by atoms with Crippen LogP contribution in [-0.2, 0) is 16.0 Å². The summed E-state index contributed by atoms with van der Waals surface area (Å²) in [6.45, 7) is 5.53. The lowest BCUT2D eigenvalue weighted by molar-refractivity contribution is -0.123. The highest BCUT2D eigenvalue weighted by Crippen LogP contribution is 2.34. The lowest BCUT2D eigenvalue weighted by Gasteiger charge is -2.17. The minimum atomic E-state index is -0.987. The molecule has 30 heavy (non-hydrogen) atoms. The van der Waals surface area contributed by atoms with Crippen LogP contribution in [0.1, 0.15) is 35.5 Å². The smallest absolute Gasteiger partial charge is 0.339 e. The number of hydrogen-bond donors (Lipinski definition) is 1. The number of hydrogen-bond acceptors (Lipinski definition) is 6. The number of ether oxygens (including phenoxy) is 3. The number of carbonyl (C=O) groups excluding carboxylic acids is 2. The molecule has 1 aliphatic rings. The van der Waals surface area contributed by atoms with Crippen molar-refractivity contribution in [2.45, 2.75) is 33.3 Å². The summed E-state index contributed by atoms with van der Waals surface area (Å²) in [5, 5.41) is 3.45. The average Bonchev–Trinajstić information content (AvgIpc) is 3.21. The van der Waals surface area contributed by atoms with Crippen LogP contribution in [0.3, 0.4) is 0 Å². The van der Waals surface area contributed by atoms with Crippen LogP contribution in [0.5, 0.6) is 11.5 Å². The van der Waals surface area contributed by atoms with Crippen LogP contribution in [0, 0.1) is 6.92 Å². The number of pyridine rings is 1. The Morgan fingerprint density at radius 3 is 2.73 bits per heavy atom. The molecule has 1 atom stereocenters. The number of carbonyl (C=O) groups is 2. The zero-order chi connectivity index (χ0) is 21.3. The molecule has 1 aromatic heterocycles. The summed E-state index contributed by atoms with van der Waals surface area (Å²) in [6.07, 6.45) is -0.295. The molecule has 2 heterocycles. The first-order valence-electron chi connectivity index (χ1n) is 9.77. The van der Waals surface area contributed by atoms with Gasteiger partial charge in [-0.3, -0.25) is 9.78 Å². The zero-order valence-electron chi connectivity index (χ0n) is 17.0. The van der Waals surface area contributed by atoms with E-state index in [0.717, 1.165) is 16.8 Å². The van der Waals surface area contributed by atoms with E-state index in [0.29, 0.717) is 34.6 Å². The molecule has 2 aromatic carbocycles. The zero-order valence-corrected chi connectivity index (χ0v) is 17.0. The van der Waals surface area contributed by atoms with Gasteiger partial charge in [-0.05, 0) is 44.0 Å². The van der Waals surface area contributed by atoms with Gasteiger partial charge in [0.2, 0.25) is 6.79 Å². The second-order valence-electron chi connectivity index (χ2n) is 7.03. The molecule has 3 aromatic rings. The van der Waals surface area contributed by atoms with Crippen LogP contribution < -0.4 is 14.8 Å². The molecule has 0 fully saturated rings. The Bertz CT molecular complexity index is 1140. The van der Waals surface area contributed by atoms with E-state index >= 15 is 0 Å². The van der Waals surface area contributed by atoms with E-state index in [9.17, 15) is 9.59 Å². The van der Waals surface area contributed by atoms with E-state index in [1.54, 1.807) is 25.1 Å². The van der Waals surface area contributed by atoms with Crippen molar-refractivity contribution in [3.63, 3.8) is 0 Å². The fourth-order valence-electron chi connectivity index (χ4n) is 3.46. The van der Waals surface area contributed by atoms with Crippen molar-refractivity contribution >= 4 is 28.5 Å². The third-order valence-corrected chi connectivity index (χ3v) is 5.07. The summed E-state index contributed by atoms with van der Waals surface area (Å²) >= 11 is 0. The van der Waals surface area contributed by atoms with Crippen molar-refractivity contribution in [2.75, 3.05) is 12.1 Å². The molecule has 0 spiro atoms. The van der Waals surface area contributed by atoms with Crippen LogP contribution in [0.15, 0.2) is 42.5 Å². The minimum absolute atomic E-state index is 0.153. The van der Waals surface area contributed by atoms with Gasteiger partial charge in [0.25, 0.3) is 5.91 Å². The molecule has 0 radical (unpaired) electrons. The maximum Gasteiger partial charge on any atom is 0.339 e. The molecule has 0 bridgehead atoms. The predicted octanol–water partition coefficient (Wildman–Crippen LogP) is 4.02. The van der Waals surface area contributed by atoms with Crippen molar-refractivity contribution in [3.8, 4) is 11.5 Å². The van der Waals surface area contributed by atoms with E-state index in [2.05, 4.69) is 10.3 Å². The molecule has 0 saturated heterocycles. The van der Waals surface area contributed by atoms with E-state index in [-0.39, 0.29) is 6.79 Å². The lowest BCUT2D eigenvalue weighted by Crippen LogP contribution is -2.30. The Hall–Kier alpha value is -3.61. The van der Waals surface area contributed by atoms with Gasteiger partial charge in [0, 0.05) is 22.8 Å². The summed E-state index contributed by atoms with van der Waals surface area (Å²) < 4.78 is 16.1. The quantitative estimate of drug-likeness (QED) is 0.644. The molecular weight excluding hydrogens is 384 g/mol. The van der Waals surface area contributed by atoms with Gasteiger partial charge in [-0.2, -0.15) is 0 Å². The first kappa shape index (κ1) is 19.7. The number of fused-ring (bicyclic) bond motifs is 2. The number of nitrogens with one attached hydrogen (secondary N) is 1. The van der Waals surface area contributed by atoms with Gasteiger partial charge >= 0.3 is 5.97 Å². The summed E-state index contributed by atoms with van der Waals surface area (Å²) in [6, 6.07) is 12.5. The van der Waals surface area contributed by atoms with Gasteiger partial charge < -0.3 is 19.5 Å². The van der Waals surface area contributed by atoms with Gasteiger partial charge in [-0.25, -0.2) is 4.79 Å². The van der Waals surface area contributed by atoms with Crippen LogP contribution in [0.25, 0.3) is 10.9 Å². The first-order chi connectivity index (χ1) is 14.5. The van der Waals surface area contributed by atoms with Gasteiger partial charge in [0.1, 0.15) is 0 Å². The predicted molar refractivity (Wildman–Crippen MR) is 112 cm³/mol. The fraction of sp³-hybridized carbons (Fsp3) is 0.261. The van der Waals surface area contributed by atoms with Gasteiger partial charge in [0.05, 0.1) is 11.1 Å². The maximum atomic E-state index is 13.0. The molecule has 0 saturated carbocycles. The summed E-state index contributed by atoms with van der Waals surface area (Å²) in [7, 11) is 0. The Morgan fingerprint density at radius 1 is 1.17 bits per heavy atom. The van der Waals surface area contributed by atoms with Crippen molar-refractivity contribution in [3.05, 3.63) is 59.3 Å². The standard InChI is InChI=1S/C23H22N2O5/c1-4-17-13(2)21(16-7-5-6-8-18(16)25-17)23(27)30-14(3)22(26)24-15-9-10-19-20(11-15)29-12-28-19/h5-11,14H,4,12H2,1-3H3,(H,24,26). The molecule has 4 rings (SSSR count). The second-order valence-corrected chi connectivity index (χ2v) is 7.03. The van der Waals surface area contributed by atoms with Crippen LogP contribution in [0.4, 0.5) is 5.69 Å². The molecule has 0 aliphatic carbocycles. The number of rotatable bonds is 5. The third kappa shape index (κ3) is 3.66. The highest BCUT2D eigenvalue weighted by molar-refractivity contribution is 6.06. The van der Waals surface area contributed by atoms with Crippen molar-refractivity contribution in [1.29, 1.82) is 0 Å². The normalized spacial score (nSPS) is 13.2. The molecule has 154 valence electrons. The molecule has 7 heteroatoms. The maximum absolute atomic E-state index is 13.0. The SMILES string of the molecule is CCc1nc2ccccc2c(C(=O)OC(C)C(=O)Nc2ccc3c(c2)OCO3)c1C. The van der Waals surface area contributed by atoms with E-state index in [1.807, 2.05) is 38.1 Å². The highest BCUT2D eigenvalue weighted by atomic mass is 16.7. The highest BCUT2D eigenvalue weighted by Gasteiger charge is 2.24. The van der Waals surface area contributed by atoms with Gasteiger partial charge in [0.15, 0.2) is 17.6 Å². The molecule has 1 amide bonds. The number of aryl methyl sites for hydroxylation is 1. The fourth-order valence-corrected chi connectivity index (χ4v) is 3.46. The number of aromatic nitrogens is 1. The molecule has 7 nitrogen and oxygen atoms in total. The van der Waals surface area contributed by atoms with Crippen LogP contribution in [-0.4, -0.2) is 29.8 Å². The van der Waals surface area contributed by atoms with E-state index in [4.69, 9.17) is 14.2 Å². The Labute approximate surface area is 174 Å². The van der Waals surface area contributed by atoms with E-state index < -0.39 is 18.0 Å². The number of esters is 1. The first-order valence-corrected chi connectivity index (χ1v) is 9.77. The Morgan fingerprint density at radius 2 is 1.93 bits per heavy atom. The number of amides is 1.